The molecule has 0 saturated carbocycles. The fraction of sp³-hybridized carbons (Fsp3) is 0.227. The molecule has 1 unspecified atom stereocenters. The average molecular weight is 414 g/mol. The molecule has 0 aliphatic rings. The van der Waals surface area contributed by atoms with Gasteiger partial charge in [0.25, 0.3) is 0 Å². The second kappa shape index (κ2) is 8.39. The van der Waals surface area contributed by atoms with Gasteiger partial charge in [0, 0.05) is 10.8 Å². The van der Waals surface area contributed by atoms with Gasteiger partial charge in [-0.2, -0.15) is 4.57 Å². The number of aryl methyl sites for hydroxylation is 1. The van der Waals surface area contributed by atoms with Crippen LogP contribution in [0.1, 0.15) is 25.8 Å². The molecule has 1 atom stereocenters. The van der Waals surface area contributed by atoms with Crippen molar-refractivity contribution in [2.75, 3.05) is 0 Å². The quantitative estimate of drug-likeness (QED) is 0.271. The van der Waals surface area contributed by atoms with E-state index in [0.717, 1.165) is 0 Å². The lowest BCUT2D eigenvalue weighted by Gasteiger charge is -2.12. The molecular formula is C22H23NO3S2. The van der Waals surface area contributed by atoms with Gasteiger partial charge in [-0.3, -0.25) is 0 Å². The summed E-state index contributed by atoms with van der Waals surface area (Å²) in [5.41, 5.74) is 4.74. The maximum Gasteiger partial charge on any atom is 0.230 e. The zero-order valence-electron chi connectivity index (χ0n) is 16.1. The highest BCUT2D eigenvalue weighted by atomic mass is 32.2. The number of rotatable bonds is 3. The second-order valence-electron chi connectivity index (χ2n) is 6.80. The van der Waals surface area contributed by atoms with Crippen LogP contribution >= 0.6 is 11.3 Å². The summed E-state index contributed by atoms with van der Waals surface area (Å²) < 4.78 is 32.2. The lowest BCUT2D eigenvalue weighted by Crippen LogP contribution is -2.28. The van der Waals surface area contributed by atoms with Crippen molar-refractivity contribution >= 4 is 43.0 Å². The van der Waals surface area contributed by atoms with Crippen LogP contribution in [0.15, 0.2) is 65.6 Å². The molecule has 4 rings (SSSR count). The van der Waals surface area contributed by atoms with Crippen LogP contribution in [0.5, 0.6) is 0 Å². The van der Waals surface area contributed by atoms with E-state index in [-0.39, 0.29) is 0 Å². The molecule has 146 valence electrons. The number of nitrogens with zero attached hydrogens (tertiary/aromatic N) is 1. The second-order valence-corrected chi connectivity index (χ2v) is 9.34. The monoisotopic (exact) mass is 413 g/mol. The normalized spacial score (nSPS) is 12.6. The molecule has 0 spiro atoms. The third-order valence-corrected chi connectivity index (χ3v) is 6.81. The predicted octanol–water partition coefficient (Wildman–Crippen LogP) is 4.97. The summed E-state index contributed by atoms with van der Waals surface area (Å²) in [6.45, 7) is 5.25. The number of hydrogen-bond donors (Lipinski definition) is 0. The summed E-state index contributed by atoms with van der Waals surface area (Å²) in [5.74, 6) is 0. The maximum atomic E-state index is 10.0. The van der Waals surface area contributed by atoms with Crippen LogP contribution in [0.2, 0.25) is 0 Å². The zero-order valence-corrected chi connectivity index (χ0v) is 17.8. The Kier molecular flexibility index (Phi) is 6.13. The van der Waals surface area contributed by atoms with E-state index in [1.165, 1.54) is 39.7 Å². The summed E-state index contributed by atoms with van der Waals surface area (Å²) in [6, 6.07) is 17.5. The Balaban J connectivity index is 0.000000242. The molecule has 0 aliphatic heterocycles. The zero-order chi connectivity index (χ0) is 20.3. The molecule has 1 aromatic heterocycles. The lowest BCUT2D eigenvalue weighted by molar-refractivity contribution is -0.588. The minimum Gasteiger partial charge on any atom is -0.748 e. The first-order chi connectivity index (χ1) is 13.3. The summed E-state index contributed by atoms with van der Waals surface area (Å²) in [5, 5.41) is 6.57. The van der Waals surface area contributed by atoms with Gasteiger partial charge in [-0.15, -0.1) is 0 Å². The third kappa shape index (κ3) is 4.41. The van der Waals surface area contributed by atoms with Gasteiger partial charge in [-0.1, -0.05) is 54.7 Å². The first kappa shape index (κ1) is 20.5. The number of fused-ring (bicyclic) bond motifs is 2. The first-order valence-corrected chi connectivity index (χ1v) is 11.5. The molecule has 0 bridgehead atoms. The Morgan fingerprint density at radius 1 is 1.07 bits per heavy atom. The first-order valence-electron chi connectivity index (χ1n) is 9.12. The standard InChI is InChI=1S/C18H14NS.C4H10O3S/c1-13-6-7-16-10-14-4-2-3-5-15(14)11-17(16)18(13)19-8-9-20-12-19;1-3-4(2)8(5,6)7/h2-12H,1H3;4H,3H2,1-2H3,(H,5,6,7)/q+1;/p-1. The van der Waals surface area contributed by atoms with E-state index < -0.39 is 15.4 Å². The number of aromatic nitrogens is 1. The molecule has 4 aromatic rings. The van der Waals surface area contributed by atoms with Crippen LogP contribution in [0.4, 0.5) is 0 Å². The minimum absolute atomic E-state index is 0.395. The molecule has 3 aromatic carbocycles. The SMILES string of the molecule is CCC(C)S(=O)(=O)[O-].Cc1ccc2cc3ccccc3cc2c1-[n+]1ccsc1. The Labute approximate surface area is 169 Å². The summed E-state index contributed by atoms with van der Waals surface area (Å²) in [7, 11) is -4.00. The van der Waals surface area contributed by atoms with Crippen molar-refractivity contribution in [3.8, 4) is 5.69 Å². The summed E-state index contributed by atoms with van der Waals surface area (Å²) in [4.78, 5) is 0. The topological polar surface area (TPSA) is 61.1 Å². The highest BCUT2D eigenvalue weighted by Gasteiger charge is 2.15. The van der Waals surface area contributed by atoms with Gasteiger partial charge in [0.05, 0.1) is 20.9 Å². The number of thiazole rings is 1. The molecule has 0 N–H and O–H groups in total. The van der Waals surface area contributed by atoms with Crippen molar-refractivity contribution in [2.45, 2.75) is 32.4 Å². The van der Waals surface area contributed by atoms with Crippen LogP contribution < -0.4 is 4.57 Å². The largest absolute Gasteiger partial charge is 0.748 e. The molecule has 6 heteroatoms. The van der Waals surface area contributed by atoms with Gasteiger partial charge in [0.15, 0.2) is 6.20 Å². The van der Waals surface area contributed by atoms with Gasteiger partial charge >= 0.3 is 0 Å². The van der Waals surface area contributed by atoms with Gasteiger partial charge in [-0.25, -0.2) is 8.42 Å². The van der Waals surface area contributed by atoms with Crippen LogP contribution in [-0.4, -0.2) is 18.2 Å². The minimum atomic E-state index is -4.00. The van der Waals surface area contributed by atoms with E-state index in [1.54, 1.807) is 18.3 Å². The molecule has 4 nitrogen and oxygen atoms in total. The van der Waals surface area contributed by atoms with Crippen LogP contribution in [0, 0.1) is 6.92 Å². The van der Waals surface area contributed by atoms with Crippen molar-refractivity contribution in [3.63, 3.8) is 0 Å². The number of benzene rings is 3. The van der Waals surface area contributed by atoms with Crippen LogP contribution in [-0.2, 0) is 10.1 Å². The van der Waals surface area contributed by atoms with Crippen molar-refractivity contribution in [3.05, 3.63) is 71.2 Å². The van der Waals surface area contributed by atoms with E-state index in [9.17, 15) is 13.0 Å². The number of hydrogen-bond acceptors (Lipinski definition) is 4. The molecule has 0 radical (unpaired) electrons. The van der Waals surface area contributed by atoms with Gasteiger partial charge in [0.1, 0.15) is 0 Å². The highest BCUT2D eigenvalue weighted by Crippen LogP contribution is 2.27. The van der Waals surface area contributed by atoms with Crippen molar-refractivity contribution in [2.24, 2.45) is 0 Å². The van der Waals surface area contributed by atoms with E-state index in [0.29, 0.717) is 6.42 Å². The van der Waals surface area contributed by atoms with Gasteiger partial charge in [-0.05, 0) is 48.6 Å². The molecule has 0 fully saturated rings. The fourth-order valence-electron chi connectivity index (χ4n) is 3.02. The average Bonchev–Trinajstić information content (AvgIpc) is 3.19. The summed E-state index contributed by atoms with van der Waals surface area (Å²) >= 11 is 1.72. The Hall–Kier alpha value is -2.28. The highest BCUT2D eigenvalue weighted by molar-refractivity contribution is 7.86. The smallest absolute Gasteiger partial charge is 0.230 e. The maximum absolute atomic E-state index is 10.0. The van der Waals surface area contributed by atoms with Crippen molar-refractivity contribution < 1.29 is 17.5 Å². The van der Waals surface area contributed by atoms with Crippen molar-refractivity contribution in [1.29, 1.82) is 0 Å². The third-order valence-electron chi connectivity index (χ3n) is 4.86. The van der Waals surface area contributed by atoms with Crippen LogP contribution in [0.25, 0.3) is 27.2 Å². The molecule has 1 heterocycles. The molecule has 0 amide bonds. The molecule has 0 aliphatic carbocycles. The molecule has 0 saturated heterocycles. The molecule has 28 heavy (non-hydrogen) atoms. The van der Waals surface area contributed by atoms with E-state index in [4.69, 9.17) is 0 Å². The van der Waals surface area contributed by atoms with Gasteiger partial charge < -0.3 is 4.55 Å². The van der Waals surface area contributed by atoms with Crippen molar-refractivity contribution in [1.82, 2.24) is 0 Å². The van der Waals surface area contributed by atoms with Crippen LogP contribution in [0.3, 0.4) is 0 Å². The Morgan fingerprint density at radius 3 is 2.29 bits per heavy atom. The lowest BCUT2D eigenvalue weighted by atomic mass is 10.00. The predicted molar refractivity (Wildman–Crippen MR) is 115 cm³/mol. The molecular weight excluding hydrogens is 390 g/mol. The fourth-order valence-corrected chi connectivity index (χ4v) is 4.00. The Bertz CT molecular complexity index is 1200. The van der Waals surface area contributed by atoms with Gasteiger partial charge in [0.2, 0.25) is 11.2 Å². The Morgan fingerprint density at radius 2 is 1.75 bits per heavy atom. The summed E-state index contributed by atoms with van der Waals surface area (Å²) in [6.07, 6.45) is 2.52. The van der Waals surface area contributed by atoms with E-state index >= 15 is 0 Å². The van der Waals surface area contributed by atoms with E-state index in [1.807, 2.05) is 0 Å². The van der Waals surface area contributed by atoms with E-state index in [2.05, 4.69) is 77.1 Å².